The maximum atomic E-state index is 12.9. The summed E-state index contributed by atoms with van der Waals surface area (Å²) >= 11 is 1.50. The molecule has 1 aliphatic rings. The van der Waals surface area contributed by atoms with Crippen LogP contribution in [-0.2, 0) is 11.2 Å². The van der Waals surface area contributed by atoms with Crippen molar-refractivity contribution in [2.75, 3.05) is 19.6 Å². The van der Waals surface area contributed by atoms with E-state index in [0.717, 1.165) is 40.9 Å². The first-order valence-electron chi connectivity index (χ1n) is 8.62. The van der Waals surface area contributed by atoms with Crippen molar-refractivity contribution in [1.82, 2.24) is 20.2 Å². The van der Waals surface area contributed by atoms with Crippen LogP contribution in [0.15, 0.2) is 46.5 Å². The Morgan fingerprint density at radius 2 is 2.21 bits per heavy atom. The number of aromatic nitrogens is 2. The van der Waals surface area contributed by atoms with Crippen LogP contribution < -0.4 is 5.32 Å². The van der Waals surface area contributed by atoms with Gasteiger partial charge in [-0.15, -0.1) is 36.2 Å². The van der Waals surface area contributed by atoms with E-state index in [1.54, 1.807) is 6.20 Å². The summed E-state index contributed by atoms with van der Waals surface area (Å²) in [7, 11) is 0. The molecule has 4 heterocycles. The van der Waals surface area contributed by atoms with Crippen molar-refractivity contribution in [3.8, 4) is 10.8 Å². The molecule has 3 aromatic heterocycles. The predicted molar refractivity (Wildman–Crippen MR) is 114 cm³/mol. The summed E-state index contributed by atoms with van der Waals surface area (Å²) in [6, 6.07) is 7.77. The van der Waals surface area contributed by atoms with Crippen LogP contribution in [0.1, 0.15) is 23.1 Å². The summed E-state index contributed by atoms with van der Waals surface area (Å²) in [6.45, 7) is 4.14. The minimum atomic E-state index is 0. The number of thiazole rings is 1. The average Bonchev–Trinajstić information content (AvgIpc) is 3.31. The highest BCUT2D eigenvalue weighted by Crippen LogP contribution is 2.27. The summed E-state index contributed by atoms with van der Waals surface area (Å²) in [5.41, 5.74) is 1.84. The van der Waals surface area contributed by atoms with Crippen LogP contribution in [0.2, 0.25) is 0 Å². The number of nitrogens with one attached hydrogen (secondary N) is 1. The number of rotatable bonds is 4. The van der Waals surface area contributed by atoms with Gasteiger partial charge in [0, 0.05) is 37.4 Å². The Morgan fingerprint density at radius 1 is 1.36 bits per heavy atom. The summed E-state index contributed by atoms with van der Waals surface area (Å²) in [5, 5.41) is 6.11. The molecule has 0 aromatic carbocycles. The lowest BCUT2D eigenvalue weighted by molar-refractivity contribution is -0.133. The largest absolute Gasteiger partial charge is 0.459 e. The lowest BCUT2D eigenvalue weighted by Crippen LogP contribution is -2.49. The van der Waals surface area contributed by atoms with E-state index in [9.17, 15) is 4.79 Å². The molecule has 0 saturated carbocycles. The van der Waals surface area contributed by atoms with E-state index in [4.69, 9.17) is 4.42 Å². The number of nitrogens with zero attached hydrogens (tertiary/aromatic N) is 3. The first-order chi connectivity index (χ1) is 12.7. The molecule has 0 aliphatic carbocycles. The number of aryl methyl sites for hydroxylation is 1. The van der Waals surface area contributed by atoms with Crippen molar-refractivity contribution in [1.29, 1.82) is 0 Å². The quantitative estimate of drug-likeness (QED) is 0.669. The Hall–Kier alpha value is -1.93. The highest BCUT2D eigenvalue weighted by atomic mass is 35.5. The topological polar surface area (TPSA) is 71.3 Å². The minimum absolute atomic E-state index is 0. The van der Waals surface area contributed by atoms with Gasteiger partial charge in [0.1, 0.15) is 5.76 Å². The van der Waals surface area contributed by atoms with E-state index in [1.807, 2.05) is 47.7 Å². The molecule has 0 radical (unpaired) electrons. The minimum Gasteiger partial charge on any atom is -0.459 e. The molecule has 4 rings (SSSR count). The van der Waals surface area contributed by atoms with Gasteiger partial charge in [-0.05, 0) is 30.7 Å². The lowest BCUT2D eigenvalue weighted by atomic mass is 10.0. The molecule has 1 fully saturated rings. The second-order valence-electron chi connectivity index (χ2n) is 6.32. The maximum Gasteiger partial charge on any atom is 0.229 e. The Balaban J connectivity index is 0.00000140. The molecule has 3 aromatic rings. The van der Waals surface area contributed by atoms with Crippen molar-refractivity contribution < 1.29 is 9.21 Å². The first-order valence-corrected chi connectivity index (χ1v) is 9.50. The van der Waals surface area contributed by atoms with Crippen molar-refractivity contribution in [2.24, 2.45) is 0 Å². The van der Waals surface area contributed by atoms with E-state index in [-0.39, 0.29) is 36.8 Å². The van der Waals surface area contributed by atoms with E-state index in [1.165, 1.54) is 11.3 Å². The van der Waals surface area contributed by atoms with Crippen LogP contribution in [0, 0.1) is 6.92 Å². The molecule has 1 unspecified atom stereocenters. The molecule has 150 valence electrons. The molecule has 1 amide bonds. The summed E-state index contributed by atoms with van der Waals surface area (Å²) in [4.78, 5) is 23.6. The molecule has 1 aliphatic heterocycles. The number of amides is 1. The fourth-order valence-electron chi connectivity index (χ4n) is 3.18. The zero-order valence-corrected chi connectivity index (χ0v) is 17.8. The molecule has 1 saturated heterocycles. The van der Waals surface area contributed by atoms with Crippen LogP contribution in [-0.4, -0.2) is 40.4 Å². The van der Waals surface area contributed by atoms with Gasteiger partial charge in [-0.2, -0.15) is 0 Å². The molecule has 9 heteroatoms. The SMILES string of the molecule is Cc1ccc(-c2nc(CC(=O)N3CCNCC3c3cccnc3)cs2)o1.Cl.Cl. The number of hydrogen-bond acceptors (Lipinski definition) is 6. The number of hydrogen-bond donors (Lipinski definition) is 1. The second kappa shape index (κ2) is 10.0. The standard InChI is InChI=1S/C19H20N4O2S.2ClH/c1-13-4-5-17(25-13)19-22-15(12-26-19)9-18(24)23-8-7-21-11-16(23)14-3-2-6-20-10-14;;/h2-6,10,12,16,21H,7-9,11H2,1H3;2*1H. The normalized spacial score (nSPS) is 16.2. The molecular formula is C19H22Cl2N4O2S. The summed E-state index contributed by atoms with van der Waals surface area (Å²) in [5.74, 6) is 1.70. The Kier molecular flexibility index (Phi) is 8.00. The number of carbonyl (C=O) groups is 1. The van der Waals surface area contributed by atoms with Crippen molar-refractivity contribution in [2.45, 2.75) is 19.4 Å². The number of piperazine rings is 1. The van der Waals surface area contributed by atoms with Gasteiger partial charge >= 0.3 is 0 Å². The highest BCUT2D eigenvalue weighted by Gasteiger charge is 2.28. The van der Waals surface area contributed by atoms with Crippen molar-refractivity contribution in [3.05, 3.63) is 59.1 Å². The van der Waals surface area contributed by atoms with Crippen LogP contribution in [0.3, 0.4) is 0 Å². The molecule has 0 spiro atoms. The summed E-state index contributed by atoms with van der Waals surface area (Å²) in [6.07, 6.45) is 3.88. The van der Waals surface area contributed by atoms with E-state index in [0.29, 0.717) is 13.0 Å². The zero-order valence-electron chi connectivity index (χ0n) is 15.3. The molecule has 1 atom stereocenters. The smallest absolute Gasteiger partial charge is 0.229 e. The number of halogens is 2. The van der Waals surface area contributed by atoms with Crippen LogP contribution >= 0.6 is 36.2 Å². The Labute approximate surface area is 180 Å². The number of pyridine rings is 1. The number of carbonyl (C=O) groups excluding carboxylic acids is 1. The molecular weight excluding hydrogens is 419 g/mol. The van der Waals surface area contributed by atoms with Crippen LogP contribution in [0.5, 0.6) is 0 Å². The van der Waals surface area contributed by atoms with Crippen molar-refractivity contribution in [3.63, 3.8) is 0 Å². The Bertz CT molecular complexity index is 900. The van der Waals surface area contributed by atoms with Gasteiger partial charge in [-0.1, -0.05) is 6.07 Å². The van der Waals surface area contributed by atoms with Gasteiger partial charge in [-0.3, -0.25) is 9.78 Å². The van der Waals surface area contributed by atoms with Crippen LogP contribution in [0.25, 0.3) is 10.8 Å². The third-order valence-corrected chi connectivity index (χ3v) is 5.37. The van der Waals surface area contributed by atoms with Gasteiger partial charge < -0.3 is 14.6 Å². The van der Waals surface area contributed by atoms with Crippen molar-refractivity contribution >= 4 is 42.1 Å². The fourth-order valence-corrected chi connectivity index (χ4v) is 3.96. The van der Waals surface area contributed by atoms with Gasteiger partial charge in [0.25, 0.3) is 0 Å². The highest BCUT2D eigenvalue weighted by molar-refractivity contribution is 7.13. The first kappa shape index (κ1) is 22.4. The Morgan fingerprint density at radius 3 is 2.93 bits per heavy atom. The fraction of sp³-hybridized carbons (Fsp3) is 0.316. The predicted octanol–water partition coefficient (Wildman–Crippen LogP) is 3.67. The van der Waals surface area contributed by atoms with Crippen LogP contribution in [0.4, 0.5) is 0 Å². The van der Waals surface area contributed by atoms with Gasteiger partial charge in [0.15, 0.2) is 10.8 Å². The second-order valence-corrected chi connectivity index (χ2v) is 7.18. The third kappa shape index (κ3) is 4.91. The van der Waals surface area contributed by atoms with E-state index >= 15 is 0 Å². The summed E-state index contributed by atoms with van der Waals surface area (Å²) < 4.78 is 5.62. The average molecular weight is 441 g/mol. The maximum absolute atomic E-state index is 12.9. The van der Waals surface area contributed by atoms with E-state index in [2.05, 4.69) is 15.3 Å². The molecule has 28 heavy (non-hydrogen) atoms. The zero-order chi connectivity index (χ0) is 17.9. The number of furan rings is 1. The molecule has 1 N–H and O–H groups in total. The monoisotopic (exact) mass is 440 g/mol. The lowest BCUT2D eigenvalue weighted by Gasteiger charge is -2.36. The van der Waals surface area contributed by atoms with Gasteiger partial charge in [0.05, 0.1) is 18.2 Å². The molecule has 0 bridgehead atoms. The van der Waals surface area contributed by atoms with Gasteiger partial charge in [0.2, 0.25) is 5.91 Å². The van der Waals surface area contributed by atoms with E-state index < -0.39 is 0 Å². The van der Waals surface area contributed by atoms with Gasteiger partial charge in [-0.25, -0.2) is 4.98 Å². The third-order valence-electron chi connectivity index (χ3n) is 4.47. The molecule has 6 nitrogen and oxygen atoms in total.